The van der Waals surface area contributed by atoms with E-state index < -0.39 is 6.17 Å². The van der Waals surface area contributed by atoms with E-state index >= 15 is 0 Å². The Balaban J connectivity index is 0.000000610. The highest BCUT2D eigenvalue weighted by atomic mass is 16.5. The predicted octanol–water partition coefficient (Wildman–Crippen LogP) is 11.0. The number of ether oxygens (including phenoxy) is 1. The second kappa shape index (κ2) is 25.6. The van der Waals surface area contributed by atoms with Gasteiger partial charge in [-0.3, -0.25) is 10.6 Å². The lowest BCUT2D eigenvalue weighted by Crippen LogP contribution is -2.48. The molecule has 0 fully saturated rings. The predicted molar refractivity (Wildman–Crippen MR) is 240 cm³/mol. The minimum absolute atomic E-state index is 0.115. The van der Waals surface area contributed by atoms with Gasteiger partial charge in [0.1, 0.15) is 12.4 Å². The lowest BCUT2D eigenvalue weighted by molar-refractivity contribution is 0.305. The molecular weight excluding hydrogens is 687 g/mol. The number of hydrogen-bond acceptors (Lipinski definition) is 6. The quantitative estimate of drug-likeness (QED) is 0.0571. The molecule has 1 aliphatic carbocycles. The van der Waals surface area contributed by atoms with Crippen molar-refractivity contribution in [1.29, 1.82) is 0 Å². The topological polar surface area (TPSA) is 111 Å². The Morgan fingerprint density at radius 2 is 1.29 bits per heavy atom. The first-order chi connectivity index (χ1) is 27.4. The molecule has 0 spiro atoms. The Kier molecular flexibility index (Phi) is 20.5. The van der Waals surface area contributed by atoms with Gasteiger partial charge in [0, 0.05) is 23.8 Å². The summed E-state index contributed by atoms with van der Waals surface area (Å²) in [5.41, 5.74) is 27.8. The van der Waals surface area contributed by atoms with E-state index in [9.17, 15) is 0 Å². The van der Waals surface area contributed by atoms with E-state index in [1.807, 2.05) is 113 Å². The van der Waals surface area contributed by atoms with Gasteiger partial charge in [-0.05, 0) is 83.0 Å². The number of nitrogens with one attached hydrogen (secondary N) is 2. The molecule has 8 N–H and O–H groups in total. The first-order valence-corrected chi connectivity index (χ1v) is 19.8. The summed E-state index contributed by atoms with van der Waals surface area (Å²) in [6, 6.07) is 47.3. The highest BCUT2D eigenvalue weighted by Crippen LogP contribution is 2.30. The van der Waals surface area contributed by atoms with Crippen LogP contribution in [0.2, 0.25) is 0 Å². The molecule has 0 amide bonds. The van der Waals surface area contributed by atoms with Crippen LogP contribution in [0.1, 0.15) is 93.0 Å². The number of benzene rings is 5. The number of rotatable bonds is 14. The van der Waals surface area contributed by atoms with Crippen molar-refractivity contribution < 1.29 is 4.74 Å². The van der Waals surface area contributed by atoms with Gasteiger partial charge in [-0.1, -0.05) is 174 Å². The number of allylic oxidation sites excluding steroid dienone is 4. The van der Waals surface area contributed by atoms with Crippen molar-refractivity contribution >= 4 is 11.6 Å². The van der Waals surface area contributed by atoms with Crippen molar-refractivity contribution in [3.05, 3.63) is 209 Å². The van der Waals surface area contributed by atoms with Gasteiger partial charge in [0.25, 0.3) is 0 Å². The van der Waals surface area contributed by atoms with E-state index in [4.69, 9.17) is 21.9 Å². The molecule has 56 heavy (non-hydrogen) atoms. The first-order valence-electron chi connectivity index (χ1n) is 19.8. The Hall–Kier alpha value is -5.50. The summed E-state index contributed by atoms with van der Waals surface area (Å²) in [4.78, 5) is 0. The van der Waals surface area contributed by atoms with Gasteiger partial charge in [0.05, 0.1) is 12.3 Å². The summed E-state index contributed by atoms with van der Waals surface area (Å²) >= 11 is 0. The molecule has 5 aromatic carbocycles. The van der Waals surface area contributed by atoms with Crippen molar-refractivity contribution in [2.45, 2.75) is 79.0 Å². The molecule has 5 aromatic rings. The van der Waals surface area contributed by atoms with Gasteiger partial charge in [0.15, 0.2) is 0 Å². The Morgan fingerprint density at radius 3 is 1.82 bits per heavy atom. The van der Waals surface area contributed by atoms with Crippen LogP contribution in [-0.2, 0) is 13.2 Å². The maximum atomic E-state index is 6.87. The number of nitrogens with two attached hydrogens (primary N) is 3. The molecule has 0 saturated heterocycles. The largest absolute Gasteiger partial charge is 0.488 e. The van der Waals surface area contributed by atoms with Crippen LogP contribution in [0.3, 0.4) is 0 Å². The summed E-state index contributed by atoms with van der Waals surface area (Å²) in [7, 11) is 0. The molecule has 6 rings (SSSR count). The van der Waals surface area contributed by atoms with Crippen LogP contribution in [0, 0.1) is 0 Å². The molecular formula is C50H63N5O. The van der Waals surface area contributed by atoms with Crippen LogP contribution in [0.15, 0.2) is 176 Å². The summed E-state index contributed by atoms with van der Waals surface area (Å²) in [5, 5.41) is 7.50. The summed E-state index contributed by atoms with van der Waals surface area (Å²) in [6.45, 7) is 15.1. The van der Waals surface area contributed by atoms with Crippen molar-refractivity contribution in [3.63, 3.8) is 0 Å². The molecule has 294 valence electrons. The molecule has 6 heteroatoms. The molecule has 6 nitrogen and oxygen atoms in total. The third kappa shape index (κ3) is 15.0. The zero-order chi connectivity index (χ0) is 40.5. The smallest absolute Gasteiger partial charge is 0.127 e. The van der Waals surface area contributed by atoms with Crippen LogP contribution in [0.25, 0.3) is 11.6 Å². The van der Waals surface area contributed by atoms with Crippen LogP contribution < -0.4 is 32.6 Å². The van der Waals surface area contributed by atoms with E-state index in [0.29, 0.717) is 18.8 Å². The molecule has 0 bridgehead atoms. The monoisotopic (exact) mass is 750 g/mol. The summed E-state index contributed by atoms with van der Waals surface area (Å²) < 4.78 is 6.20. The zero-order valence-corrected chi connectivity index (χ0v) is 34.0. The Labute approximate surface area is 336 Å². The highest BCUT2D eigenvalue weighted by Gasteiger charge is 2.23. The summed E-state index contributed by atoms with van der Waals surface area (Å²) in [6.07, 6.45) is 9.51. The van der Waals surface area contributed by atoms with E-state index in [1.54, 1.807) is 6.08 Å². The van der Waals surface area contributed by atoms with E-state index in [0.717, 1.165) is 35.3 Å². The molecule has 0 heterocycles. The molecule has 0 aliphatic heterocycles. The van der Waals surface area contributed by atoms with E-state index in [2.05, 4.69) is 97.0 Å². The fraction of sp³-hybridized carbons (Fsp3) is 0.240. The lowest BCUT2D eigenvalue weighted by atomic mass is 9.91. The van der Waals surface area contributed by atoms with Crippen LogP contribution in [-0.4, -0.2) is 6.17 Å². The SMILES string of the molecule is C=C(N)/C=C\c1cc(C(N)NC(NC(C)c2ccccc2)C2=CC=C(c3ccccc3)CC2)ccc1OCc1ccccc1.CC.CC.NCc1ccccc1. The second-order valence-corrected chi connectivity index (χ2v) is 12.8. The van der Waals surface area contributed by atoms with Gasteiger partial charge in [-0.25, -0.2) is 0 Å². The maximum Gasteiger partial charge on any atom is 0.127 e. The fourth-order valence-corrected chi connectivity index (χ4v) is 5.98. The average Bonchev–Trinajstić information content (AvgIpc) is 3.27. The first kappa shape index (κ1) is 44.9. The van der Waals surface area contributed by atoms with Crippen LogP contribution in [0.5, 0.6) is 5.75 Å². The lowest BCUT2D eigenvalue weighted by Gasteiger charge is -2.31. The summed E-state index contributed by atoms with van der Waals surface area (Å²) in [5.74, 6) is 0.753. The molecule has 0 saturated carbocycles. The molecule has 0 aromatic heterocycles. The van der Waals surface area contributed by atoms with Gasteiger partial charge in [-0.2, -0.15) is 0 Å². The van der Waals surface area contributed by atoms with Crippen molar-refractivity contribution in [1.82, 2.24) is 10.6 Å². The van der Waals surface area contributed by atoms with Crippen LogP contribution in [0.4, 0.5) is 0 Å². The molecule has 3 unspecified atom stereocenters. The third-order valence-corrected chi connectivity index (χ3v) is 8.95. The fourth-order valence-electron chi connectivity index (χ4n) is 5.98. The highest BCUT2D eigenvalue weighted by molar-refractivity contribution is 5.69. The van der Waals surface area contributed by atoms with Crippen molar-refractivity contribution in [2.24, 2.45) is 17.2 Å². The Bertz CT molecular complexity index is 1920. The minimum Gasteiger partial charge on any atom is -0.488 e. The second-order valence-electron chi connectivity index (χ2n) is 12.8. The maximum absolute atomic E-state index is 6.87. The Morgan fingerprint density at radius 1 is 0.714 bits per heavy atom. The molecule has 3 atom stereocenters. The number of hydrogen-bond donors (Lipinski definition) is 5. The van der Waals surface area contributed by atoms with Gasteiger partial charge in [-0.15, -0.1) is 0 Å². The average molecular weight is 750 g/mol. The standard InChI is InChI=1S/C39H42N4O.C7H9N.2C2H6/c1-28(40)18-19-35-26-36(24-25-37(35)44-27-30-12-6-3-7-13-30)38(41)43-39(42-29(2)31-14-8-4-9-15-31)34-22-20-33(21-23-34)32-16-10-5-11-17-32;8-6-7-4-2-1-3-5-7;2*1-2/h3-20,22,24-26,29,38-39,42-43H,1,21,23,27,40-41H2,2H3;1-5H,6,8H2;2*1-2H3/b19-18-;;;. The van der Waals surface area contributed by atoms with Gasteiger partial charge < -0.3 is 21.9 Å². The van der Waals surface area contributed by atoms with E-state index in [1.165, 1.54) is 27.8 Å². The van der Waals surface area contributed by atoms with Crippen molar-refractivity contribution in [2.75, 3.05) is 0 Å². The molecule has 1 aliphatic rings. The van der Waals surface area contributed by atoms with Crippen LogP contribution >= 0.6 is 0 Å². The van der Waals surface area contributed by atoms with E-state index in [-0.39, 0.29) is 12.2 Å². The molecule has 0 radical (unpaired) electrons. The zero-order valence-electron chi connectivity index (χ0n) is 34.0. The minimum atomic E-state index is -0.438. The van der Waals surface area contributed by atoms with Gasteiger partial charge in [0.2, 0.25) is 0 Å². The van der Waals surface area contributed by atoms with Gasteiger partial charge >= 0.3 is 0 Å². The third-order valence-electron chi connectivity index (χ3n) is 8.95. The van der Waals surface area contributed by atoms with Crippen molar-refractivity contribution in [3.8, 4) is 5.75 Å². The normalized spacial score (nSPS) is 13.5.